The van der Waals surface area contributed by atoms with Crippen molar-refractivity contribution in [3.63, 3.8) is 0 Å². The van der Waals surface area contributed by atoms with Crippen LogP contribution >= 0.6 is 0 Å². The van der Waals surface area contributed by atoms with Crippen molar-refractivity contribution < 1.29 is 17.9 Å². The fourth-order valence-electron chi connectivity index (χ4n) is 1.86. The van der Waals surface area contributed by atoms with Crippen molar-refractivity contribution in [2.24, 2.45) is 11.7 Å². The van der Waals surface area contributed by atoms with Crippen LogP contribution in [0, 0.1) is 5.92 Å². The second-order valence-corrected chi connectivity index (χ2v) is 6.41. The molecule has 1 heterocycles. The predicted octanol–water partition coefficient (Wildman–Crippen LogP) is 0.383. The van der Waals surface area contributed by atoms with Crippen molar-refractivity contribution >= 4 is 16.3 Å². The van der Waals surface area contributed by atoms with Gasteiger partial charge in [-0.25, -0.2) is 9.52 Å². The van der Waals surface area contributed by atoms with E-state index >= 15 is 0 Å². The maximum Gasteiger partial charge on any atom is 0.422 e. The van der Waals surface area contributed by atoms with E-state index < -0.39 is 22.5 Å². The van der Waals surface area contributed by atoms with Crippen LogP contribution in [-0.2, 0) is 14.9 Å². The SMILES string of the molecule is CC(C)OC(=O)NS(=O)(=O)N1CCCC(C)C1N. The summed E-state index contributed by atoms with van der Waals surface area (Å²) in [5.74, 6) is 0.0662. The molecule has 2 atom stereocenters. The van der Waals surface area contributed by atoms with Crippen LogP contribution < -0.4 is 10.5 Å². The average Bonchev–Trinajstić information content (AvgIpc) is 2.19. The van der Waals surface area contributed by atoms with Crippen LogP contribution in [0.2, 0.25) is 0 Å². The maximum atomic E-state index is 12.0. The predicted molar refractivity (Wildman–Crippen MR) is 66.8 cm³/mol. The number of carbonyl (C=O) groups excluding carboxylic acids is 1. The van der Waals surface area contributed by atoms with Crippen molar-refractivity contribution in [1.82, 2.24) is 9.03 Å². The molecule has 8 heteroatoms. The molecule has 1 aliphatic rings. The molecule has 0 aromatic rings. The van der Waals surface area contributed by atoms with E-state index in [-0.39, 0.29) is 12.0 Å². The van der Waals surface area contributed by atoms with Crippen LogP contribution in [0.3, 0.4) is 0 Å². The van der Waals surface area contributed by atoms with Crippen LogP contribution in [0.5, 0.6) is 0 Å². The molecule has 0 bridgehead atoms. The Hall–Kier alpha value is -0.860. The van der Waals surface area contributed by atoms with Crippen LogP contribution in [-0.4, -0.2) is 37.6 Å². The quantitative estimate of drug-likeness (QED) is 0.777. The van der Waals surface area contributed by atoms with Crippen molar-refractivity contribution in [1.29, 1.82) is 0 Å². The van der Waals surface area contributed by atoms with Crippen LogP contribution in [0.15, 0.2) is 0 Å². The van der Waals surface area contributed by atoms with E-state index in [1.54, 1.807) is 13.8 Å². The van der Waals surface area contributed by atoms with Crippen LogP contribution in [0.4, 0.5) is 4.79 Å². The molecule has 1 amide bonds. The van der Waals surface area contributed by atoms with Gasteiger partial charge in [-0.15, -0.1) is 0 Å². The smallest absolute Gasteiger partial charge is 0.422 e. The van der Waals surface area contributed by atoms with Gasteiger partial charge in [0.05, 0.1) is 12.3 Å². The average molecular weight is 279 g/mol. The van der Waals surface area contributed by atoms with E-state index in [4.69, 9.17) is 10.5 Å². The van der Waals surface area contributed by atoms with Gasteiger partial charge in [-0.3, -0.25) is 0 Å². The molecule has 0 aromatic carbocycles. The first-order valence-electron chi connectivity index (χ1n) is 6.00. The molecule has 7 nitrogen and oxygen atoms in total. The fraction of sp³-hybridized carbons (Fsp3) is 0.900. The molecule has 1 fully saturated rings. The first-order chi connectivity index (χ1) is 8.24. The maximum absolute atomic E-state index is 12.0. The lowest BCUT2D eigenvalue weighted by molar-refractivity contribution is 0.119. The Bertz CT molecular complexity index is 396. The number of carbonyl (C=O) groups is 1. The largest absolute Gasteiger partial charge is 0.446 e. The van der Waals surface area contributed by atoms with Gasteiger partial charge in [0.25, 0.3) is 0 Å². The first kappa shape index (κ1) is 15.2. The van der Waals surface area contributed by atoms with E-state index in [0.717, 1.165) is 17.1 Å². The van der Waals surface area contributed by atoms with Gasteiger partial charge in [-0.05, 0) is 32.6 Å². The summed E-state index contributed by atoms with van der Waals surface area (Å²) in [7, 11) is -3.93. The van der Waals surface area contributed by atoms with Crippen molar-refractivity contribution in [3.8, 4) is 0 Å². The molecule has 1 saturated heterocycles. The molecule has 0 radical (unpaired) electrons. The zero-order valence-electron chi connectivity index (χ0n) is 10.9. The minimum atomic E-state index is -3.93. The summed E-state index contributed by atoms with van der Waals surface area (Å²) in [5, 5.41) is 0. The standard InChI is InChI=1S/C10H21N3O4S/c1-7(2)17-10(14)12-18(15,16)13-6-4-5-8(3)9(13)11/h7-9H,4-6,11H2,1-3H3,(H,12,14). The highest BCUT2D eigenvalue weighted by Crippen LogP contribution is 2.21. The summed E-state index contributed by atoms with van der Waals surface area (Å²) < 4.78 is 31.7. The minimum absolute atomic E-state index is 0.0662. The van der Waals surface area contributed by atoms with Gasteiger partial charge in [0.15, 0.2) is 0 Å². The third-order valence-corrected chi connectivity index (χ3v) is 4.29. The highest BCUT2D eigenvalue weighted by Gasteiger charge is 2.35. The normalized spacial score (nSPS) is 26.1. The molecule has 3 N–H and O–H groups in total. The van der Waals surface area contributed by atoms with Crippen LogP contribution in [0.25, 0.3) is 0 Å². The van der Waals surface area contributed by atoms with Gasteiger partial charge >= 0.3 is 16.3 Å². The molecule has 106 valence electrons. The molecular weight excluding hydrogens is 258 g/mol. The topological polar surface area (TPSA) is 102 Å². The fourth-order valence-corrected chi connectivity index (χ4v) is 3.13. The number of nitrogens with one attached hydrogen (secondary N) is 1. The van der Waals surface area contributed by atoms with Gasteiger partial charge in [0, 0.05) is 6.54 Å². The Morgan fingerprint density at radius 3 is 2.67 bits per heavy atom. The lowest BCUT2D eigenvalue weighted by atomic mass is 9.99. The van der Waals surface area contributed by atoms with E-state index in [0.29, 0.717) is 6.54 Å². The molecule has 2 unspecified atom stereocenters. The third kappa shape index (κ3) is 3.82. The van der Waals surface area contributed by atoms with E-state index in [1.807, 2.05) is 11.6 Å². The summed E-state index contributed by atoms with van der Waals surface area (Å²) in [5.41, 5.74) is 5.84. The second kappa shape index (κ2) is 5.85. The Morgan fingerprint density at radius 2 is 2.11 bits per heavy atom. The molecule has 0 saturated carbocycles. The highest BCUT2D eigenvalue weighted by molar-refractivity contribution is 7.87. The summed E-state index contributed by atoms with van der Waals surface area (Å²) in [6.07, 6.45) is -0.355. The summed E-state index contributed by atoms with van der Waals surface area (Å²) in [4.78, 5) is 11.3. The van der Waals surface area contributed by atoms with Crippen molar-refractivity contribution in [2.45, 2.75) is 45.9 Å². The van der Waals surface area contributed by atoms with Crippen molar-refractivity contribution in [2.75, 3.05) is 6.54 Å². The Kier molecular flexibility index (Phi) is 4.94. The number of hydrogen-bond donors (Lipinski definition) is 2. The zero-order valence-corrected chi connectivity index (χ0v) is 11.7. The van der Waals surface area contributed by atoms with Gasteiger partial charge in [0.1, 0.15) is 0 Å². The number of nitrogens with two attached hydrogens (primary N) is 1. The Balaban J connectivity index is 2.71. The summed E-state index contributed by atoms with van der Waals surface area (Å²) in [6, 6.07) is 0. The molecule has 0 aliphatic carbocycles. The first-order valence-corrected chi connectivity index (χ1v) is 7.44. The number of ether oxygens (including phenoxy) is 1. The number of piperidine rings is 1. The molecule has 18 heavy (non-hydrogen) atoms. The van der Waals surface area contributed by atoms with Crippen molar-refractivity contribution in [3.05, 3.63) is 0 Å². The van der Waals surface area contributed by atoms with E-state index in [2.05, 4.69) is 0 Å². The monoisotopic (exact) mass is 279 g/mol. The Morgan fingerprint density at radius 1 is 1.50 bits per heavy atom. The second-order valence-electron chi connectivity index (χ2n) is 4.78. The minimum Gasteiger partial charge on any atom is -0.446 e. The molecule has 0 aromatic heterocycles. The number of rotatable bonds is 3. The van der Waals surface area contributed by atoms with E-state index in [9.17, 15) is 13.2 Å². The van der Waals surface area contributed by atoms with E-state index in [1.165, 1.54) is 0 Å². The number of hydrogen-bond acceptors (Lipinski definition) is 5. The van der Waals surface area contributed by atoms with Gasteiger partial charge in [-0.2, -0.15) is 12.7 Å². The summed E-state index contributed by atoms with van der Waals surface area (Å²) in [6.45, 7) is 5.48. The summed E-state index contributed by atoms with van der Waals surface area (Å²) >= 11 is 0. The highest BCUT2D eigenvalue weighted by atomic mass is 32.2. The Labute approximate surface area is 108 Å². The molecule has 1 rings (SSSR count). The number of nitrogens with zero attached hydrogens (tertiary/aromatic N) is 1. The lowest BCUT2D eigenvalue weighted by Crippen LogP contribution is -2.56. The molecular formula is C10H21N3O4S. The molecule has 1 aliphatic heterocycles. The van der Waals surface area contributed by atoms with Gasteiger partial charge in [0.2, 0.25) is 0 Å². The van der Waals surface area contributed by atoms with Gasteiger partial charge < -0.3 is 10.5 Å². The zero-order chi connectivity index (χ0) is 13.9. The lowest BCUT2D eigenvalue weighted by Gasteiger charge is -2.35. The van der Waals surface area contributed by atoms with Crippen LogP contribution in [0.1, 0.15) is 33.6 Å². The molecule has 0 spiro atoms. The number of amides is 1. The third-order valence-electron chi connectivity index (χ3n) is 2.82. The van der Waals surface area contributed by atoms with Gasteiger partial charge in [-0.1, -0.05) is 6.92 Å².